The van der Waals surface area contributed by atoms with Gasteiger partial charge in [-0.3, -0.25) is 4.79 Å². The Morgan fingerprint density at radius 2 is 1.68 bits per heavy atom. The fourth-order valence-electron chi connectivity index (χ4n) is 4.06. The molecule has 0 saturated carbocycles. The number of ether oxygens (including phenoxy) is 1. The molecule has 6 heteroatoms. The summed E-state index contributed by atoms with van der Waals surface area (Å²) >= 11 is 0. The predicted octanol–water partition coefficient (Wildman–Crippen LogP) is 5.82. The van der Waals surface area contributed by atoms with Gasteiger partial charge in [-0.15, -0.1) is 0 Å². The Morgan fingerprint density at radius 3 is 2.38 bits per heavy atom. The third-order valence-electron chi connectivity index (χ3n) is 5.82. The molecule has 0 unspecified atom stereocenters. The van der Waals surface area contributed by atoms with Crippen LogP contribution >= 0.6 is 0 Å². The number of fused-ring (bicyclic) bond motifs is 1. The molecular weight excluding hydrogens is 426 g/mol. The Hall–Kier alpha value is -3.93. The van der Waals surface area contributed by atoms with E-state index in [2.05, 4.69) is 28.6 Å². The molecule has 4 aromatic rings. The van der Waals surface area contributed by atoms with E-state index in [4.69, 9.17) is 4.74 Å². The molecule has 0 radical (unpaired) electrons. The molecule has 174 valence electrons. The maximum absolute atomic E-state index is 13.0. The lowest BCUT2D eigenvalue weighted by atomic mass is 9.99. The molecule has 1 amide bonds. The van der Waals surface area contributed by atoms with Crippen LogP contribution < -0.4 is 5.32 Å². The van der Waals surface area contributed by atoms with Gasteiger partial charge in [0.25, 0.3) is 5.91 Å². The van der Waals surface area contributed by atoms with Gasteiger partial charge in [0.1, 0.15) is 0 Å². The maximum Gasteiger partial charge on any atom is 0.358 e. The number of hydrogen-bond donors (Lipinski definition) is 1. The Morgan fingerprint density at radius 1 is 0.971 bits per heavy atom. The number of esters is 1. The van der Waals surface area contributed by atoms with Crippen molar-refractivity contribution in [1.29, 1.82) is 0 Å². The Bertz CT molecular complexity index is 1320. The topological polar surface area (TPSA) is 73.2 Å². The van der Waals surface area contributed by atoms with Crippen molar-refractivity contribution < 1.29 is 14.3 Å². The van der Waals surface area contributed by atoms with Crippen LogP contribution in [-0.4, -0.2) is 28.3 Å². The minimum atomic E-state index is -0.443. The van der Waals surface area contributed by atoms with Gasteiger partial charge in [-0.2, -0.15) is 5.10 Å². The molecule has 0 saturated heterocycles. The second-order valence-corrected chi connectivity index (χ2v) is 8.55. The molecule has 0 spiro atoms. The van der Waals surface area contributed by atoms with E-state index in [1.807, 2.05) is 57.2 Å². The molecule has 0 aliphatic heterocycles. The van der Waals surface area contributed by atoms with Crippen molar-refractivity contribution in [2.75, 3.05) is 6.61 Å². The quantitative estimate of drug-likeness (QED) is 0.357. The number of nitrogens with one attached hydrogen (secondary N) is 1. The molecule has 34 heavy (non-hydrogen) atoms. The molecule has 1 aromatic heterocycles. The smallest absolute Gasteiger partial charge is 0.358 e. The SMILES string of the molecule is CCOC(=O)c1cc(C(C)C)n(-c2ccc(C(=O)N[C@@H](C)c3cccc4ccccc34)cc2)n1. The number of carbonyl (C=O) groups excluding carboxylic acids is 2. The lowest BCUT2D eigenvalue weighted by Gasteiger charge is -2.17. The van der Waals surface area contributed by atoms with Gasteiger partial charge in [-0.1, -0.05) is 56.3 Å². The average Bonchev–Trinajstić information content (AvgIpc) is 3.30. The van der Waals surface area contributed by atoms with Crippen LogP contribution in [0.2, 0.25) is 0 Å². The molecule has 0 aliphatic carbocycles. The highest BCUT2D eigenvalue weighted by Crippen LogP contribution is 2.25. The zero-order valence-corrected chi connectivity index (χ0v) is 19.9. The zero-order chi connectivity index (χ0) is 24.2. The summed E-state index contributed by atoms with van der Waals surface area (Å²) in [5.41, 5.74) is 3.58. The van der Waals surface area contributed by atoms with Gasteiger partial charge in [0, 0.05) is 11.3 Å². The van der Waals surface area contributed by atoms with Gasteiger partial charge in [-0.05, 0) is 66.4 Å². The number of benzene rings is 3. The second-order valence-electron chi connectivity index (χ2n) is 8.55. The molecule has 4 rings (SSSR count). The molecule has 1 atom stereocenters. The Labute approximate surface area is 199 Å². The molecule has 0 fully saturated rings. The fourth-order valence-corrected chi connectivity index (χ4v) is 4.06. The van der Waals surface area contributed by atoms with E-state index in [9.17, 15) is 9.59 Å². The predicted molar refractivity (Wildman–Crippen MR) is 133 cm³/mol. The number of nitrogens with zero attached hydrogens (tertiary/aromatic N) is 2. The Kier molecular flexibility index (Phi) is 6.77. The van der Waals surface area contributed by atoms with Crippen LogP contribution in [0.15, 0.2) is 72.8 Å². The van der Waals surface area contributed by atoms with Crippen molar-refractivity contribution in [3.8, 4) is 5.69 Å². The van der Waals surface area contributed by atoms with Crippen LogP contribution in [0.1, 0.15) is 71.8 Å². The van der Waals surface area contributed by atoms with Crippen molar-refractivity contribution in [2.45, 2.75) is 39.7 Å². The van der Waals surface area contributed by atoms with Crippen molar-refractivity contribution >= 4 is 22.6 Å². The van der Waals surface area contributed by atoms with Crippen LogP contribution in [0.5, 0.6) is 0 Å². The summed E-state index contributed by atoms with van der Waals surface area (Å²) in [6.45, 7) is 8.13. The summed E-state index contributed by atoms with van der Waals surface area (Å²) in [4.78, 5) is 25.1. The number of aromatic nitrogens is 2. The van der Waals surface area contributed by atoms with Crippen LogP contribution in [0.4, 0.5) is 0 Å². The highest BCUT2D eigenvalue weighted by Gasteiger charge is 2.19. The first-order chi connectivity index (χ1) is 16.4. The lowest BCUT2D eigenvalue weighted by Crippen LogP contribution is -2.26. The number of rotatable bonds is 7. The largest absolute Gasteiger partial charge is 0.461 e. The fraction of sp³-hybridized carbons (Fsp3) is 0.250. The van der Waals surface area contributed by atoms with Gasteiger partial charge in [0.15, 0.2) is 5.69 Å². The number of hydrogen-bond acceptors (Lipinski definition) is 4. The van der Waals surface area contributed by atoms with Crippen LogP contribution in [-0.2, 0) is 4.74 Å². The number of carbonyl (C=O) groups is 2. The minimum absolute atomic E-state index is 0.149. The first-order valence-corrected chi connectivity index (χ1v) is 11.5. The molecule has 0 aliphatic rings. The standard InChI is InChI=1S/C28H29N3O3/c1-5-34-28(33)25-17-26(18(2)3)31(30-25)22-15-13-21(14-16-22)27(32)29-19(4)23-12-8-10-20-9-6-7-11-24(20)23/h6-19H,5H2,1-4H3,(H,29,32)/t19-/m0/s1. The summed E-state index contributed by atoms with van der Waals surface area (Å²) in [6.07, 6.45) is 0. The van der Waals surface area contributed by atoms with Gasteiger partial charge < -0.3 is 10.1 Å². The van der Waals surface area contributed by atoms with E-state index in [1.54, 1.807) is 29.8 Å². The third kappa shape index (κ3) is 4.71. The molecule has 0 bridgehead atoms. The monoisotopic (exact) mass is 455 g/mol. The zero-order valence-electron chi connectivity index (χ0n) is 19.9. The minimum Gasteiger partial charge on any atom is -0.461 e. The van der Waals surface area contributed by atoms with Crippen molar-refractivity contribution in [2.24, 2.45) is 0 Å². The summed E-state index contributed by atoms with van der Waals surface area (Å²) < 4.78 is 6.83. The molecule has 1 heterocycles. The highest BCUT2D eigenvalue weighted by atomic mass is 16.5. The molecule has 6 nitrogen and oxygen atoms in total. The van der Waals surface area contributed by atoms with E-state index >= 15 is 0 Å². The number of amides is 1. The third-order valence-corrected chi connectivity index (χ3v) is 5.82. The van der Waals surface area contributed by atoms with Crippen molar-refractivity contribution in [1.82, 2.24) is 15.1 Å². The van der Waals surface area contributed by atoms with Crippen LogP contribution in [0, 0.1) is 0 Å². The maximum atomic E-state index is 13.0. The lowest BCUT2D eigenvalue weighted by molar-refractivity contribution is 0.0518. The molecule has 3 aromatic carbocycles. The summed E-state index contributed by atoms with van der Waals surface area (Å²) in [6, 6.07) is 23.1. The first kappa shape index (κ1) is 23.2. The summed E-state index contributed by atoms with van der Waals surface area (Å²) in [5.74, 6) is -0.439. The van der Waals surface area contributed by atoms with Gasteiger partial charge in [0.2, 0.25) is 0 Å². The Balaban J connectivity index is 1.55. The van der Waals surface area contributed by atoms with Crippen LogP contribution in [0.3, 0.4) is 0 Å². The van der Waals surface area contributed by atoms with E-state index in [1.165, 1.54) is 0 Å². The average molecular weight is 456 g/mol. The van der Waals surface area contributed by atoms with Gasteiger partial charge >= 0.3 is 5.97 Å². The van der Waals surface area contributed by atoms with E-state index in [0.29, 0.717) is 12.2 Å². The van der Waals surface area contributed by atoms with Crippen LogP contribution in [0.25, 0.3) is 16.5 Å². The molecular formula is C28H29N3O3. The first-order valence-electron chi connectivity index (χ1n) is 11.5. The van der Waals surface area contributed by atoms with E-state index in [0.717, 1.165) is 27.7 Å². The highest BCUT2D eigenvalue weighted by molar-refractivity contribution is 5.95. The molecule has 1 N–H and O–H groups in total. The second kappa shape index (κ2) is 9.91. The van der Waals surface area contributed by atoms with E-state index < -0.39 is 5.97 Å². The summed E-state index contributed by atoms with van der Waals surface area (Å²) in [5, 5.41) is 9.83. The van der Waals surface area contributed by atoms with Gasteiger partial charge in [-0.25, -0.2) is 9.48 Å². The van der Waals surface area contributed by atoms with Crippen molar-refractivity contribution in [3.05, 3.63) is 95.3 Å². The normalized spacial score (nSPS) is 12.0. The van der Waals surface area contributed by atoms with Gasteiger partial charge in [0.05, 0.1) is 18.3 Å². The van der Waals surface area contributed by atoms with E-state index in [-0.39, 0.29) is 23.6 Å². The van der Waals surface area contributed by atoms with Crippen molar-refractivity contribution in [3.63, 3.8) is 0 Å². The summed E-state index contributed by atoms with van der Waals surface area (Å²) in [7, 11) is 0.